The van der Waals surface area contributed by atoms with E-state index in [1.165, 1.54) is 4.90 Å². The summed E-state index contributed by atoms with van der Waals surface area (Å²) in [4.78, 5) is 25.0. The van der Waals surface area contributed by atoms with Crippen molar-refractivity contribution < 1.29 is 14.1 Å². The lowest BCUT2D eigenvalue weighted by Crippen LogP contribution is -2.41. The Morgan fingerprint density at radius 2 is 2.26 bits per heavy atom. The van der Waals surface area contributed by atoms with Gasteiger partial charge in [0.05, 0.1) is 6.54 Å². The first kappa shape index (κ1) is 15.5. The Balaban J connectivity index is 2.58. The minimum atomic E-state index is -0.645. The molecule has 6 nitrogen and oxygen atoms in total. The van der Waals surface area contributed by atoms with Crippen molar-refractivity contribution in [3.8, 4) is 0 Å². The zero-order valence-electron chi connectivity index (χ0n) is 11.3. The number of hydrogen-bond donors (Lipinski definition) is 1. The number of carbonyl (C=O) groups excluding carboxylic acids is 2. The van der Waals surface area contributed by atoms with Crippen molar-refractivity contribution in [2.24, 2.45) is 0 Å². The van der Waals surface area contributed by atoms with Crippen LogP contribution in [0.4, 0.5) is 5.82 Å². The summed E-state index contributed by atoms with van der Waals surface area (Å²) < 4.78 is 4.84. The minimum Gasteiger partial charge on any atom is -0.360 e. The van der Waals surface area contributed by atoms with E-state index in [1.54, 1.807) is 19.9 Å². The second-order valence-corrected chi connectivity index (χ2v) is 4.90. The van der Waals surface area contributed by atoms with Crippen molar-refractivity contribution in [2.45, 2.75) is 32.6 Å². The smallest absolute Gasteiger partial charge is 0.245 e. The molecule has 0 aliphatic heterocycles. The molecular weight excluding hydrogens is 270 g/mol. The highest BCUT2D eigenvalue weighted by molar-refractivity contribution is 6.30. The Bertz CT molecular complexity index is 445. The van der Waals surface area contributed by atoms with Crippen LogP contribution >= 0.6 is 11.6 Å². The number of aromatic nitrogens is 1. The van der Waals surface area contributed by atoms with Gasteiger partial charge in [-0.05, 0) is 20.3 Å². The minimum absolute atomic E-state index is 0.0460. The number of hydrogen-bond acceptors (Lipinski definition) is 4. The molecule has 0 aliphatic rings. The fourth-order valence-corrected chi connectivity index (χ4v) is 1.71. The highest BCUT2D eigenvalue weighted by Gasteiger charge is 2.20. The standard InChI is InChI=1S/C12H18ClN3O3/c1-4-5-16(12(18)9(3)13)7-11(17)14-10-6-8(2)19-15-10/h6,9H,4-5,7H2,1-3H3,(H,14,15,17). The maximum absolute atomic E-state index is 11.8. The molecule has 0 saturated heterocycles. The molecule has 2 amide bonds. The van der Waals surface area contributed by atoms with Gasteiger partial charge in [-0.2, -0.15) is 0 Å². The lowest BCUT2D eigenvalue weighted by molar-refractivity contribution is -0.134. The SMILES string of the molecule is CCCN(CC(=O)Nc1cc(C)on1)C(=O)C(C)Cl. The van der Waals surface area contributed by atoms with Crippen LogP contribution in [0.3, 0.4) is 0 Å². The van der Waals surface area contributed by atoms with Gasteiger partial charge >= 0.3 is 0 Å². The van der Waals surface area contributed by atoms with Crippen LogP contribution in [0.1, 0.15) is 26.0 Å². The molecule has 0 aromatic carbocycles. The predicted molar refractivity (Wildman–Crippen MR) is 72.1 cm³/mol. The van der Waals surface area contributed by atoms with Crippen molar-refractivity contribution in [3.05, 3.63) is 11.8 Å². The van der Waals surface area contributed by atoms with Gasteiger partial charge in [0.1, 0.15) is 11.1 Å². The normalized spacial score (nSPS) is 12.0. The molecule has 0 radical (unpaired) electrons. The molecule has 0 spiro atoms. The highest BCUT2D eigenvalue weighted by atomic mass is 35.5. The molecule has 1 aromatic rings. The maximum Gasteiger partial charge on any atom is 0.245 e. The number of nitrogens with one attached hydrogen (secondary N) is 1. The largest absolute Gasteiger partial charge is 0.360 e. The van der Waals surface area contributed by atoms with Gasteiger partial charge in [0.15, 0.2) is 5.82 Å². The Morgan fingerprint density at radius 3 is 2.74 bits per heavy atom. The lowest BCUT2D eigenvalue weighted by Gasteiger charge is -2.22. The second-order valence-electron chi connectivity index (χ2n) is 4.25. The average Bonchev–Trinajstić information content (AvgIpc) is 2.73. The zero-order chi connectivity index (χ0) is 14.4. The first-order chi connectivity index (χ1) is 8.93. The molecule has 1 heterocycles. The van der Waals surface area contributed by atoms with Crippen molar-refractivity contribution in [1.82, 2.24) is 10.1 Å². The monoisotopic (exact) mass is 287 g/mol. The van der Waals surface area contributed by atoms with E-state index in [0.29, 0.717) is 18.1 Å². The fourth-order valence-electron chi connectivity index (χ4n) is 1.57. The first-order valence-corrected chi connectivity index (χ1v) is 6.53. The molecule has 1 atom stereocenters. The third kappa shape index (κ3) is 4.90. The molecule has 1 N–H and O–H groups in total. The Kier molecular flexibility index (Phi) is 5.82. The summed E-state index contributed by atoms with van der Waals surface area (Å²) in [6.45, 7) is 5.69. The van der Waals surface area contributed by atoms with Crippen LogP contribution in [-0.2, 0) is 9.59 Å². The Morgan fingerprint density at radius 1 is 1.58 bits per heavy atom. The maximum atomic E-state index is 11.8. The number of aryl methyl sites for hydroxylation is 1. The summed E-state index contributed by atoms with van der Waals surface area (Å²) in [5.41, 5.74) is 0. The first-order valence-electron chi connectivity index (χ1n) is 6.10. The van der Waals surface area contributed by atoms with Crippen LogP contribution in [0.2, 0.25) is 0 Å². The van der Waals surface area contributed by atoms with Crippen molar-refractivity contribution in [1.29, 1.82) is 0 Å². The third-order valence-corrected chi connectivity index (χ3v) is 2.56. The van der Waals surface area contributed by atoms with E-state index in [0.717, 1.165) is 6.42 Å². The molecule has 7 heteroatoms. The summed E-state index contributed by atoms with van der Waals surface area (Å²) >= 11 is 5.76. The summed E-state index contributed by atoms with van der Waals surface area (Å²) in [5, 5.41) is 5.57. The van der Waals surface area contributed by atoms with Crippen LogP contribution in [0.15, 0.2) is 10.6 Å². The van der Waals surface area contributed by atoms with Crippen LogP contribution in [-0.4, -0.2) is 40.3 Å². The second kappa shape index (κ2) is 7.13. The van der Waals surface area contributed by atoms with Gasteiger partial charge in [-0.25, -0.2) is 0 Å². The number of anilines is 1. The quantitative estimate of drug-likeness (QED) is 0.809. The Hall–Kier alpha value is -1.56. The average molecular weight is 288 g/mol. The van der Waals surface area contributed by atoms with E-state index in [-0.39, 0.29) is 18.4 Å². The van der Waals surface area contributed by atoms with Gasteiger partial charge in [0.25, 0.3) is 0 Å². The fraction of sp³-hybridized carbons (Fsp3) is 0.583. The number of alkyl halides is 1. The van der Waals surface area contributed by atoms with Crippen molar-refractivity contribution in [3.63, 3.8) is 0 Å². The molecule has 0 saturated carbocycles. The van der Waals surface area contributed by atoms with E-state index in [9.17, 15) is 9.59 Å². The van der Waals surface area contributed by atoms with Gasteiger partial charge in [-0.15, -0.1) is 11.6 Å². The molecule has 0 fully saturated rings. The van der Waals surface area contributed by atoms with E-state index in [4.69, 9.17) is 16.1 Å². The highest BCUT2D eigenvalue weighted by Crippen LogP contribution is 2.08. The van der Waals surface area contributed by atoms with Crippen LogP contribution in [0.25, 0.3) is 0 Å². The molecule has 1 rings (SSSR count). The van der Waals surface area contributed by atoms with Crippen LogP contribution in [0.5, 0.6) is 0 Å². The summed E-state index contributed by atoms with van der Waals surface area (Å²) in [7, 11) is 0. The summed E-state index contributed by atoms with van der Waals surface area (Å²) in [6.07, 6.45) is 0.756. The molecular formula is C12H18ClN3O3. The Labute approximate surface area is 117 Å². The third-order valence-electron chi connectivity index (χ3n) is 2.38. The topological polar surface area (TPSA) is 75.4 Å². The summed E-state index contributed by atoms with van der Waals surface area (Å²) in [6, 6.07) is 1.61. The zero-order valence-corrected chi connectivity index (χ0v) is 12.0. The van der Waals surface area contributed by atoms with Gasteiger partial charge in [0, 0.05) is 12.6 Å². The molecule has 1 unspecified atom stereocenters. The van der Waals surface area contributed by atoms with E-state index < -0.39 is 5.38 Å². The lowest BCUT2D eigenvalue weighted by atomic mass is 10.3. The number of rotatable bonds is 6. The predicted octanol–water partition coefficient (Wildman–Crippen LogP) is 1.79. The van der Waals surface area contributed by atoms with E-state index in [1.807, 2.05) is 6.92 Å². The van der Waals surface area contributed by atoms with E-state index in [2.05, 4.69) is 10.5 Å². The molecule has 106 valence electrons. The summed E-state index contributed by atoms with van der Waals surface area (Å²) in [5.74, 6) is 0.360. The number of amides is 2. The van der Waals surface area contributed by atoms with Gasteiger partial charge in [0.2, 0.25) is 11.8 Å². The van der Waals surface area contributed by atoms with Crippen molar-refractivity contribution in [2.75, 3.05) is 18.4 Å². The number of carbonyl (C=O) groups is 2. The molecule has 0 bridgehead atoms. The van der Waals surface area contributed by atoms with Gasteiger partial charge < -0.3 is 14.7 Å². The molecule has 19 heavy (non-hydrogen) atoms. The van der Waals surface area contributed by atoms with Gasteiger partial charge in [-0.1, -0.05) is 12.1 Å². The van der Waals surface area contributed by atoms with Crippen molar-refractivity contribution >= 4 is 29.2 Å². The molecule has 1 aromatic heterocycles. The number of halogens is 1. The number of nitrogens with zero attached hydrogens (tertiary/aromatic N) is 2. The van der Waals surface area contributed by atoms with Crippen LogP contribution in [0, 0.1) is 6.92 Å². The molecule has 0 aliphatic carbocycles. The van der Waals surface area contributed by atoms with Crippen LogP contribution < -0.4 is 5.32 Å². The van der Waals surface area contributed by atoms with Gasteiger partial charge in [-0.3, -0.25) is 9.59 Å². The van der Waals surface area contributed by atoms with E-state index >= 15 is 0 Å².